The predicted octanol–water partition coefficient (Wildman–Crippen LogP) is 3.73. The van der Waals surface area contributed by atoms with Gasteiger partial charge in [-0.15, -0.1) is 0 Å². The van der Waals surface area contributed by atoms with Crippen LogP contribution in [0.1, 0.15) is 28.2 Å². The summed E-state index contributed by atoms with van der Waals surface area (Å²) in [5.41, 5.74) is 5.41. The quantitative estimate of drug-likeness (QED) is 0.270. The summed E-state index contributed by atoms with van der Waals surface area (Å²) in [6.07, 6.45) is 3.10. The van der Waals surface area contributed by atoms with E-state index in [4.69, 9.17) is 19.4 Å². The molecule has 1 atom stereocenters. The molecule has 2 saturated heterocycles. The zero-order valence-electron chi connectivity index (χ0n) is 23.1. The number of benzene rings is 2. The Hall–Kier alpha value is -4.28. The molecule has 3 aromatic heterocycles. The van der Waals surface area contributed by atoms with E-state index >= 15 is 0 Å². The number of fused-ring (bicyclic) bond motifs is 2. The van der Waals surface area contributed by atoms with Crippen molar-refractivity contribution >= 4 is 34.0 Å². The number of hydrogen-bond acceptors (Lipinski definition) is 8. The maximum atomic E-state index is 12.2. The highest BCUT2D eigenvalue weighted by atomic mass is 16.5. The molecule has 0 bridgehead atoms. The molecule has 2 aliphatic heterocycles. The Labute approximate surface area is 238 Å². The first-order valence-electron chi connectivity index (χ1n) is 14.2. The Morgan fingerprint density at radius 3 is 2.54 bits per heavy atom. The average Bonchev–Trinajstić information content (AvgIpc) is 3.55. The van der Waals surface area contributed by atoms with Crippen molar-refractivity contribution in [3.8, 4) is 0 Å². The van der Waals surface area contributed by atoms with Gasteiger partial charge in [0.2, 0.25) is 0 Å². The second-order valence-electron chi connectivity index (χ2n) is 10.7. The number of anilines is 1. The maximum absolute atomic E-state index is 12.2. The molecule has 10 nitrogen and oxygen atoms in total. The van der Waals surface area contributed by atoms with Crippen LogP contribution in [0.4, 0.5) is 5.82 Å². The van der Waals surface area contributed by atoms with Crippen molar-refractivity contribution in [1.29, 1.82) is 0 Å². The van der Waals surface area contributed by atoms with E-state index in [9.17, 15) is 4.79 Å². The van der Waals surface area contributed by atoms with Crippen LogP contribution in [0.15, 0.2) is 67.0 Å². The molecule has 0 saturated carbocycles. The van der Waals surface area contributed by atoms with Gasteiger partial charge in [0.15, 0.2) is 5.65 Å². The first-order valence-corrected chi connectivity index (χ1v) is 14.2. The minimum atomic E-state index is -0.341. The second kappa shape index (κ2) is 10.9. The molecule has 210 valence electrons. The van der Waals surface area contributed by atoms with Gasteiger partial charge in [-0.25, -0.2) is 19.7 Å². The van der Waals surface area contributed by atoms with Crippen molar-refractivity contribution < 1.29 is 14.3 Å². The Balaban J connectivity index is 1.07. The lowest BCUT2D eigenvalue weighted by molar-refractivity contribution is -0.0592. The molecule has 2 fully saturated rings. The molecule has 41 heavy (non-hydrogen) atoms. The highest BCUT2D eigenvalue weighted by molar-refractivity contribution is 5.93. The fraction of sp³-hybridized carbons (Fsp3) is 0.355. The number of aromatic nitrogens is 5. The van der Waals surface area contributed by atoms with Crippen LogP contribution in [0.3, 0.4) is 0 Å². The molecule has 5 aromatic rings. The molecule has 0 N–H and O–H groups in total. The molecule has 0 spiro atoms. The van der Waals surface area contributed by atoms with E-state index in [2.05, 4.69) is 60.3 Å². The normalized spacial score (nSPS) is 17.7. The Bertz CT molecular complexity index is 1680. The van der Waals surface area contributed by atoms with Crippen LogP contribution in [0.25, 0.3) is 22.2 Å². The van der Waals surface area contributed by atoms with Gasteiger partial charge >= 0.3 is 5.97 Å². The van der Waals surface area contributed by atoms with Gasteiger partial charge < -0.3 is 23.5 Å². The number of piperazine rings is 1. The molecule has 0 aliphatic carbocycles. The van der Waals surface area contributed by atoms with Crippen molar-refractivity contribution in [2.45, 2.75) is 32.2 Å². The van der Waals surface area contributed by atoms with Crippen LogP contribution < -0.4 is 4.90 Å². The van der Waals surface area contributed by atoms with Gasteiger partial charge in [-0.2, -0.15) is 0 Å². The smallest absolute Gasteiger partial charge is 0.337 e. The monoisotopic (exact) mass is 551 g/mol. The molecule has 7 rings (SSSR count). The van der Waals surface area contributed by atoms with E-state index in [0.717, 1.165) is 92.7 Å². The molecule has 2 aromatic carbocycles. The standard InChI is InChI=1S/C31H33N7O3/c1-40-31(39)23-7-8-25-27(17-23)38(19-24-11-16-41-24)29(33-25)20-35-12-14-36(15-13-35)28-10-9-26-30(34-28)37(21-32-26)18-22-5-3-2-4-6-22/h2-10,17,21,24H,11-16,18-20H2,1H3/t24-/m0/s1. The molecule has 5 heterocycles. The molecule has 0 amide bonds. The van der Waals surface area contributed by atoms with Crippen molar-refractivity contribution in [3.05, 3.63) is 83.9 Å². The summed E-state index contributed by atoms with van der Waals surface area (Å²) in [5.74, 6) is 1.64. The van der Waals surface area contributed by atoms with Crippen LogP contribution >= 0.6 is 0 Å². The number of carbonyl (C=O) groups excluding carboxylic acids is 1. The van der Waals surface area contributed by atoms with E-state index < -0.39 is 0 Å². The van der Waals surface area contributed by atoms with Gasteiger partial charge in [0.25, 0.3) is 0 Å². The maximum Gasteiger partial charge on any atom is 0.337 e. The Kier molecular flexibility index (Phi) is 6.85. The summed E-state index contributed by atoms with van der Waals surface area (Å²) in [5, 5.41) is 0. The lowest BCUT2D eigenvalue weighted by Gasteiger charge is -2.35. The highest BCUT2D eigenvalue weighted by Crippen LogP contribution is 2.25. The highest BCUT2D eigenvalue weighted by Gasteiger charge is 2.25. The van der Waals surface area contributed by atoms with Crippen molar-refractivity contribution in [2.75, 3.05) is 44.8 Å². The largest absolute Gasteiger partial charge is 0.465 e. The summed E-state index contributed by atoms with van der Waals surface area (Å²) in [7, 11) is 1.41. The van der Waals surface area contributed by atoms with Crippen molar-refractivity contribution in [3.63, 3.8) is 0 Å². The Morgan fingerprint density at radius 1 is 0.976 bits per heavy atom. The minimum Gasteiger partial charge on any atom is -0.465 e. The van der Waals surface area contributed by atoms with E-state index in [1.165, 1.54) is 12.7 Å². The first-order chi connectivity index (χ1) is 20.1. The van der Waals surface area contributed by atoms with Crippen LogP contribution in [0.2, 0.25) is 0 Å². The fourth-order valence-corrected chi connectivity index (χ4v) is 5.71. The third-order valence-electron chi connectivity index (χ3n) is 8.13. The SMILES string of the molecule is COC(=O)c1ccc2nc(CN3CCN(c4ccc5ncn(Cc6ccccc6)c5n4)CC3)n(C[C@@H]3CCO3)c2c1. The van der Waals surface area contributed by atoms with Crippen LogP contribution in [-0.2, 0) is 29.1 Å². The molecule has 0 unspecified atom stereocenters. The Morgan fingerprint density at radius 2 is 1.78 bits per heavy atom. The van der Waals surface area contributed by atoms with Crippen LogP contribution in [0.5, 0.6) is 0 Å². The van der Waals surface area contributed by atoms with Crippen molar-refractivity contribution in [1.82, 2.24) is 29.0 Å². The van der Waals surface area contributed by atoms with Crippen LogP contribution in [0, 0.1) is 0 Å². The number of pyridine rings is 1. The summed E-state index contributed by atoms with van der Waals surface area (Å²) in [6, 6.07) is 20.1. The van der Waals surface area contributed by atoms with Gasteiger partial charge in [0.1, 0.15) is 17.2 Å². The van der Waals surface area contributed by atoms with E-state index in [-0.39, 0.29) is 12.1 Å². The number of hydrogen-bond donors (Lipinski definition) is 0. The first kappa shape index (κ1) is 25.7. The summed E-state index contributed by atoms with van der Waals surface area (Å²) >= 11 is 0. The predicted molar refractivity (Wildman–Crippen MR) is 156 cm³/mol. The molecule has 0 radical (unpaired) electrons. The van der Waals surface area contributed by atoms with Gasteiger partial charge in [-0.05, 0) is 42.3 Å². The number of esters is 1. The van der Waals surface area contributed by atoms with Crippen LogP contribution in [-0.4, -0.2) is 81.0 Å². The molecular weight excluding hydrogens is 518 g/mol. The molecule has 2 aliphatic rings. The van der Waals surface area contributed by atoms with Gasteiger partial charge in [0, 0.05) is 32.8 Å². The minimum absolute atomic E-state index is 0.182. The lowest BCUT2D eigenvalue weighted by Crippen LogP contribution is -2.46. The molecule has 10 heteroatoms. The second-order valence-corrected chi connectivity index (χ2v) is 10.7. The summed E-state index contributed by atoms with van der Waals surface area (Å²) < 4.78 is 15.0. The summed E-state index contributed by atoms with van der Waals surface area (Å²) in [4.78, 5) is 31.5. The van der Waals surface area contributed by atoms with Gasteiger partial charge in [-0.1, -0.05) is 30.3 Å². The summed E-state index contributed by atoms with van der Waals surface area (Å²) in [6.45, 7) is 6.58. The number of imidazole rings is 2. The zero-order valence-corrected chi connectivity index (χ0v) is 23.1. The number of nitrogens with zero attached hydrogens (tertiary/aromatic N) is 7. The van der Waals surface area contributed by atoms with Gasteiger partial charge in [0.05, 0.1) is 55.8 Å². The third kappa shape index (κ3) is 5.16. The van der Waals surface area contributed by atoms with E-state index in [1.54, 1.807) is 6.07 Å². The third-order valence-corrected chi connectivity index (χ3v) is 8.13. The number of methoxy groups -OCH3 is 1. The number of rotatable bonds is 8. The van der Waals surface area contributed by atoms with Gasteiger partial charge in [-0.3, -0.25) is 4.90 Å². The van der Waals surface area contributed by atoms with Crippen molar-refractivity contribution in [2.24, 2.45) is 0 Å². The van der Waals surface area contributed by atoms with E-state index in [0.29, 0.717) is 5.56 Å². The topological polar surface area (TPSA) is 90.5 Å². The number of carbonyl (C=O) groups is 1. The average molecular weight is 552 g/mol. The zero-order chi connectivity index (χ0) is 27.8. The van der Waals surface area contributed by atoms with E-state index in [1.807, 2.05) is 24.5 Å². The number of ether oxygens (including phenoxy) is 2. The lowest BCUT2D eigenvalue weighted by atomic mass is 10.1. The fourth-order valence-electron chi connectivity index (χ4n) is 5.71. The molecular formula is C31H33N7O3.